The second-order valence-electron chi connectivity index (χ2n) is 13.2. The molecule has 0 saturated heterocycles. The molecule has 294 valence electrons. The van der Waals surface area contributed by atoms with E-state index in [4.69, 9.17) is 19.3 Å². The van der Waals surface area contributed by atoms with Crippen LogP contribution in [-0.4, -0.2) is 58.0 Å². The predicted octanol–water partition coefficient (Wildman–Crippen LogP) is 9.13. The zero-order valence-electron chi connectivity index (χ0n) is 31.5. The highest BCUT2D eigenvalue weighted by atomic mass is 31.2. The third-order valence-corrected chi connectivity index (χ3v) is 8.94. The molecule has 0 heterocycles. The number of allylic oxidation sites excluding steroid dienone is 11. The molecule has 52 heavy (non-hydrogen) atoms. The van der Waals surface area contributed by atoms with Gasteiger partial charge in [0, 0.05) is 18.8 Å². The first-order valence-electron chi connectivity index (χ1n) is 19.3. The highest BCUT2D eigenvalue weighted by molar-refractivity contribution is 7.46. The van der Waals surface area contributed by atoms with Crippen LogP contribution < -0.4 is 0 Å². The Balaban J connectivity index is 2.31. The topological polar surface area (TPSA) is 157 Å². The van der Waals surface area contributed by atoms with Gasteiger partial charge in [-0.2, -0.15) is 0 Å². The van der Waals surface area contributed by atoms with Crippen LogP contribution in [0.2, 0.25) is 0 Å². The lowest BCUT2D eigenvalue weighted by molar-refractivity contribution is -0.161. The Hall–Kier alpha value is -2.88. The summed E-state index contributed by atoms with van der Waals surface area (Å²) in [5.41, 5.74) is 0. The number of unbranched alkanes of at least 4 members (excludes halogenated alkanes) is 8. The number of hydrogen-bond acceptors (Lipinski definition) is 8. The fourth-order valence-corrected chi connectivity index (χ4v) is 5.85. The van der Waals surface area contributed by atoms with Gasteiger partial charge in [0.15, 0.2) is 11.9 Å². The highest BCUT2D eigenvalue weighted by Crippen LogP contribution is 2.36. The number of hydrogen-bond donors (Lipinski definition) is 3. The van der Waals surface area contributed by atoms with E-state index < -0.39 is 38.6 Å². The Labute approximate surface area is 312 Å². The molecule has 10 nitrogen and oxygen atoms in total. The summed E-state index contributed by atoms with van der Waals surface area (Å²) in [6.45, 7) is 3.27. The number of aliphatic hydroxyl groups excluding tert-OH is 1. The van der Waals surface area contributed by atoms with Gasteiger partial charge in [-0.05, 0) is 76.2 Å². The lowest BCUT2D eigenvalue weighted by Crippen LogP contribution is -2.29. The smallest absolute Gasteiger partial charge is 0.462 e. The van der Waals surface area contributed by atoms with E-state index in [2.05, 4.69) is 54.8 Å². The van der Waals surface area contributed by atoms with Crippen LogP contribution in [0.1, 0.15) is 129 Å². The zero-order valence-corrected chi connectivity index (χ0v) is 32.4. The first-order valence-corrected chi connectivity index (χ1v) is 20.8. The average molecular weight is 749 g/mol. The molecular formula is C41H65O10P. The standard InChI is InChI=1S/C41H65O10P/c1-3-5-7-8-9-10-11-12-13-14-15-16-17-18-23-27-40(44)49-33-37(34-50-52(46,47)48)51-41(45)28-24-20-19-22-25-35-29-32-39(43)38(35)31-30-36(42)26-21-6-4-2/h5,7,9-10,12-13,19,22,29-32,35-38,42H,3-4,6,8,11,14-18,20-21,23-28,33-34H2,1-2H3,(H2,46,47,48)/b7-5-,10-9-,13-12-,22-19-,31-30+/t35-,36-,37+,38+/m0/s1. The lowest BCUT2D eigenvalue weighted by atomic mass is 9.90. The van der Waals surface area contributed by atoms with E-state index in [1.54, 1.807) is 12.2 Å². The summed E-state index contributed by atoms with van der Waals surface area (Å²) in [7, 11) is -4.82. The molecule has 0 bridgehead atoms. The molecular weight excluding hydrogens is 683 g/mol. The Morgan fingerprint density at radius 1 is 0.808 bits per heavy atom. The molecule has 4 atom stereocenters. The van der Waals surface area contributed by atoms with E-state index in [9.17, 15) is 24.1 Å². The molecule has 0 aliphatic heterocycles. The molecule has 0 unspecified atom stereocenters. The molecule has 11 heteroatoms. The van der Waals surface area contributed by atoms with Gasteiger partial charge in [-0.15, -0.1) is 0 Å². The van der Waals surface area contributed by atoms with Crippen molar-refractivity contribution < 1.29 is 47.8 Å². The van der Waals surface area contributed by atoms with Crippen LogP contribution in [-0.2, 0) is 32.9 Å². The van der Waals surface area contributed by atoms with Gasteiger partial charge in [-0.3, -0.25) is 18.9 Å². The normalized spacial score (nSPS) is 17.8. The van der Waals surface area contributed by atoms with Crippen molar-refractivity contribution in [1.29, 1.82) is 0 Å². The minimum Gasteiger partial charge on any atom is -0.462 e. The van der Waals surface area contributed by atoms with Crippen molar-refractivity contribution in [3.63, 3.8) is 0 Å². The van der Waals surface area contributed by atoms with Crippen molar-refractivity contribution in [3.8, 4) is 0 Å². The van der Waals surface area contributed by atoms with E-state index in [0.717, 1.165) is 70.6 Å². The maximum Gasteiger partial charge on any atom is 0.469 e. The van der Waals surface area contributed by atoms with Gasteiger partial charge in [0.2, 0.25) is 0 Å². The number of rotatable bonds is 31. The van der Waals surface area contributed by atoms with Gasteiger partial charge in [-0.1, -0.05) is 119 Å². The van der Waals surface area contributed by atoms with Gasteiger partial charge in [0.1, 0.15) is 6.61 Å². The molecule has 0 radical (unpaired) electrons. The minimum absolute atomic E-state index is 0.0129. The Bertz CT molecular complexity index is 1210. The van der Waals surface area contributed by atoms with Gasteiger partial charge in [-0.25, -0.2) is 4.57 Å². The number of esters is 2. The quantitative estimate of drug-likeness (QED) is 0.0270. The highest BCUT2D eigenvalue weighted by Gasteiger charge is 2.27. The van der Waals surface area contributed by atoms with Crippen molar-refractivity contribution in [1.82, 2.24) is 0 Å². The predicted molar refractivity (Wildman–Crippen MR) is 206 cm³/mol. The summed E-state index contributed by atoms with van der Waals surface area (Å²) in [6, 6.07) is 0. The second-order valence-corrected chi connectivity index (χ2v) is 14.4. The van der Waals surface area contributed by atoms with E-state index in [0.29, 0.717) is 32.1 Å². The van der Waals surface area contributed by atoms with Gasteiger partial charge in [0.25, 0.3) is 0 Å². The number of phosphoric ester groups is 1. The van der Waals surface area contributed by atoms with E-state index in [1.807, 2.05) is 24.3 Å². The maximum absolute atomic E-state index is 12.5. The number of phosphoric acid groups is 1. The van der Waals surface area contributed by atoms with Crippen LogP contribution in [0, 0.1) is 11.8 Å². The van der Waals surface area contributed by atoms with Crippen LogP contribution in [0.4, 0.5) is 0 Å². The minimum atomic E-state index is -4.82. The summed E-state index contributed by atoms with van der Waals surface area (Å²) < 4.78 is 26.3. The van der Waals surface area contributed by atoms with Crippen molar-refractivity contribution in [3.05, 3.63) is 72.9 Å². The summed E-state index contributed by atoms with van der Waals surface area (Å²) in [6.07, 6.45) is 36.8. The van der Waals surface area contributed by atoms with Gasteiger partial charge < -0.3 is 24.4 Å². The molecule has 0 amide bonds. The Kier molecular flexibility index (Phi) is 27.7. The largest absolute Gasteiger partial charge is 0.469 e. The van der Waals surface area contributed by atoms with Crippen LogP contribution in [0.15, 0.2) is 72.9 Å². The van der Waals surface area contributed by atoms with Gasteiger partial charge in [0.05, 0.1) is 12.7 Å². The third kappa shape index (κ3) is 26.8. The molecule has 1 rings (SSSR count). The fourth-order valence-electron chi connectivity index (χ4n) is 5.49. The number of ketones is 1. The zero-order chi connectivity index (χ0) is 38.3. The Morgan fingerprint density at radius 3 is 2.19 bits per heavy atom. The van der Waals surface area contributed by atoms with E-state index in [1.165, 1.54) is 0 Å². The van der Waals surface area contributed by atoms with Crippen molar-refractivity contribution >= 4 is 25.5 Å². The molecule has 0 aromatic carbocycles. The molecule has 0 aromatic rings. The first-order chi connectivity index (χ1) is 25.1. The lowest BCUT2D eigenvalue weighted by Gasteiger charge is -2.18. The third-order valence-electron chi connectivity index (χ3n) is 8.46. The van der Waals surface area contributed by atoms with Gasteiger partial charge >= 0.3 is 19.8 Å². The summed E-state index contributed by atoms with van der Waals surface area (Å²) >= 11 is 0. The monoisotopic (exact) mass is 748 g/mol. The van der Waals surface area contributed by atoms with E-state index in [-0.39, 0.29) is 37.1 Å². The summed E-state index contributed by atoms with van der Waals surface area (Å²) in [5.74, 6) is -1.31. The molecule has 3 N–H and O–H groups in total. The summed E-state index contributed by atoms with van der Waals surface area (Å²) in [5, 5.41) is 10.2. The molecule has 1 aliphatic carbocycles. The maximum atomic E-state index is 12.5. The molecule has 0 spiro atoms. The van der Waals surface area contributed by atoms with Crippen molar-refractivity contribution in [2.45, 2.75) is 142 Å². The molecule has 0 saturated carbocycles. The second kappa shape index (κ2) is 30.6. The first kappa shape index (κ1) is 47.1. The molecule has 1 aliphatic rings. The van der Waals surface area contributed by atoms with Crippen molar-refractivity contribution in [2.75, 3.05) is 13.2 Å². The number of carbonyl (C=O) groups is 3. The number of carbonyl (C=O) groups excluding carboxylic acids is 3. The van der Waals surface area contributed by atoms with Crippen LogP contribution in [0.3, 0.4) is 0 Å². The van der Waals surface area contributed by atoms with E-state index >= 15 is 0 Å². The molecule has 0 aromatic heterocycles. The molecule has 0 fully saturated rings. The SMILES string of the molecule is CC/C=C\C/C=C\C/C=C\CCCCCCCC(=O)OC[C@H](COP(=O)(O)O)OC(=O)CCC/C=C\C[C@H]1C=CC(=O)[C@@H]1/C=C/[C@@H](O)CCCCC. The number of aliphatic hydroxyl groups is 1. The van der Waals surface area contributed by atoms with Crippen LogP contribution in [0.5, 0.6) is 0 Å². The van der Waals surface area contributed by atoms with Crippen LogP contribution >= 0.6 is 7.82 Å². The number of ether oxygens (including phenoxy) is 2. The van der Waals surface area contributed by atoms with Crippen LogP contribution in [0.25, 0.3) is 0 Å². The average Bonchev–Trinajstić information content (AvgIpc) is 3.46. The Morgan fingerprint density at radius 2 is 1.46 bits per heavy atom. The van der Waals surface area contributed by atoms with Crippen molar-refractivity contribution in [2.24, 2.45) is 11.8 Å². The fraction of sp³-hybridized carbons (Fsp3) is 0.634. The summed E-state index contributed by atoms with van der Waals surface area (Å²) in [4.78, 5) is 55.2.